The molecule has 2 heterocycles. The molecule has 0 saturated carbocycles. The van der Waals surface area contributed by atoms with E-state index in [1.165, 1.54) is 18.4 Å². The predicted octanol–water partition coefficient (Wildman–Crippen LogP) is 6.44. The Morgan fingerprint density at radius 2 is 1.86 bits per heavy atom. The number of carboxylic acids is 1. The van der Waals surface area contributed by atoms with E-state index in [1.54, 1.807) is 18.2 Å². The van der Waals surface area contributed by atoms with Gasteiger partial charge in [0.2, 0.25) is 0 Å². The van der Waals surface area contributed by atoms with E-state index in [0.717, 1.165) is 23.3 Å². The number of nitrogens with zero attached hydrogens (tertiary/aromatic N) is 1. The van der Waals surface area contributed by atoms with Crippen LogP contribution in [0.15, 0.2) is 77.5 Å². The molecule has 1 atom stereocenters. The average Bonchev–Trinajstić information content (AvgIpc) is 3.28. The summed E-state index contributed by atoms with van der Waals surface area (Å²) >= 11 is 0. The maximum Gasteiger partial charge on any atom is 0.416 e. The minimum atomic E-state index is -4.38. The number of aromatic nitrogens is 1. The van der Waals surface area contributed by atoms with Crippen molar-refractivity contribution >= 4 is 5.97 Å². The smallest absolute Gasteiger partial charge is 0.416 e. The number of alkyl halides is 3. The molecule has 0 amide bonds. The third-order valence-electron chi connectivity index (χ3n) is 6.01. The minimum absolute atomic E-state index is 0.160. The molecular formula is C27H20F3NO5. The fourth-order valence-electron chi connectivity index (χ4n) is 4.22. The van der Waals surface area contributed by atoms with E-state index >= 15 is 0 Å². The number of fused-ring (bicyclic) bond motifs is 2. The second kappa shape index (κ2) is 9.41. The van der Waals surface area contributed by atoms with Crippen LogP contribution in [0, 0.1) is 0 Å². The first kappa shape index (κ1) is 23.5. The van der Waals surface area contributed by atoms with Gasteiger partial charge in [0.05, 0.1) is 23.2 Å². The first-order valence-electron chi connectivity index (χ1n) is 11.1. The second-order valence-corrected chi connectivity index (χ2v) is 8.43. The monoisotopic (exact) mass is 495 g/mol. The molecule has 6 nitrogen and oxygen atoms in total. The van der Waals surface area contributed by atoms with Crippen molar-refractivity contribution in [3.8, 4) is 22.6 Å². The standard InChI is InChI=1S/C27H20F3NO5/c28-27(29,30)20-6-4-17(5-7-20)18-3-1-2-16(10-18)13-34-21-8-9-22-23(12-25(32)33)26-19(15-36-31-26)14-35-24(22)11-21/h1-11,15,23H,12-14H2,(H,32,33)/t23-/m1/s1. The van der Waals surface area contributed by atoms with Crippen molar-refractivity contribution < 1.29 is 37.1 Å². The third kappa shape index (κ3) is 4.91. The maximum atomic E-state index is 12.8. The van der Waals surface area contributed by atoms with Gasteiger partial charge in [-0.25, -0.2) is 0 Å². The lowest BCUT2D eigenvalue weighted by atomic mass is 9.90. The number of halogens is 3. The van der Waals surface area contributed by atoms with Gasteiger partial charge in [0.25, 0.3) is 0 Å². The van der Waals surface area contributed by atoms with Gasteiger partial charge >= 0.3 is 12.1 Å². The lowest BCUT2D eigenvalue weighted by molar-refractivity contribution is -0.138. The Kier molecular flexibility index (Phi) is 6.13. The highest BCUT2D eigenvalue weighted by Crippen LogP contribution is 2.40. The highest BCUT2D eigenvalue weighted by molar-refractivity contribution is 5.70. The lowest BCUT2D eigenvalue weighted by Crippen LogP contribution is -2.09. The molecule has 0 fully saturated rings. The molecule has 0 unspecified atom stereocenters. The fraction of sp³-hybridized carbons (Fsp3) is 0.185. The first-order valence-corrected chi connectivity index (χ1v) is 11.1. The van der Waals surface area contributed by atoms with Gasteiger partial charge in [-0.3, -0.25) is 4.79 Å². The summed E-state index contributed by atoms with van der Waals surface area (Å²) in [6.07, 6.45) is -3.08. The summed E-state index contributed by atoms with van der Waals surface area (Å²) in [5, 5.41) is 13.4. The van der Waals surface area contributed by atoms with Gasteiger partial charge in [-0.15, -0.1) is 0 Å². The Labute approximate surface area is 203 Å². The van der Waals surface area contributed by atoms with Gasteiger partial charge < -0.3 is 19.1 Å². The quantitative estimate of drug-likeness (QED) is 0.332. The number of hydrogen-bond acceptors (Lipinski definition) is 5. The fourth-order valence-corrected chi connectivity index (χ4v) is 4.22. The van der Waals surface area contributed by atoms with Crippen LogP contribution in [0.25, 0.3) is 11.1 Å². The molecule has 1 aliphatic rings. The van der Waals surface area contributed by atoms with Crippen LogP contribution in [0.5, 0.6) is 11.5 Å². The van der Waals surface area contributed by atoms with Gasteiger partial charge in [0.15, 0.2) is 0 Å². The van der Waals surface area contributed by atoms with Crippen molar-refractivity contribution in [1.82, 2.24) is 5.16 Å². The summed E-state index contributed by atoms with van der Waals surface area (Å²) in [6, 6.07) is 17.6. The second-order valence-electron chi connectivity index (χ2n) is 8.43. The zero-order valence-electron chi connectivity index (χ0n) is 18.8. The topological polar surface area (TPSA) is 81.8 Å². The number of ether oxygens (including phenoxy) is 2. The average molecular weight is 495 g/mol. The summed E-state index contributed by atoms with van der Waals surface area (Å²) in [4.78, 5) is 11.5. The molecule has 184 valence electrons. The van der Waals surface area contributed by atoms with Crippen LogP contribution in [-0.4, -0.2) is 16.2 Å². The number of aliphatic carboxylic acids is 1. The van der Waals surface area contributed by atoms with Gasteiger partial charge in [-0.2, -0.15) is 13.2 Å². The van der Waals surface area contributed by atoms with Crippen molar-refractivity contribution in [3.05, 3.63) is 101 Å². The molecule has 36 heavy (non-hydrogen) atoms. The molecular weight excluding hydrogens is 475 g/mol. The highest BCUT2D eigenvalue weighted by Gasteiger charge is 2.31. The zero-order valence-corrected chi connectivity index (χ0v) is 18.8. The number of rotatable bonds is 6. The van der Waals surface area contributed by atoms with Crippen LogP contribution in [0.3, 0.4) is 0 Å². The summed E-state index contributed by atoms with van der Waals surface area (Å²) in [5.74, 6) is -0.435. The minimum Gasteiger partial charge on any atom is -0.489 e. The normalized spacial score (nSPS) is 14.8. The van der Waals surface area contributed by atoms with Crippen LogP contribution in [-0.2, 0) is 24.2 Å². The van der Waals surface area contributed by atoms with Gasteiger partial charge in [-0.1, -0.05) is 41.6 Å². The van der Waals surface area contributed by atoms with Gasteiger partial charge in [0.1, 0.15) is 31.0 Å². The molecule has 0 aliphatic carbocycles. The van der Waals surface area contributed by atoms with E-state index in [9.17, 15) is 23.1 Å². The number of benzene rings is 3. The van der Waals surface area contributed by atoms with Crippen LogP contribution >= 0.6 is 0 Å². The molecule has 1 aliphatic heterocycles. The van der Waals surface area contributed by atoms with E-state index in [0.29, 0.717) is 33.9 Å². The number of carbonyl (C=O) groups is 1. The van der Waals surface area contributed by atoms with Crippen molar-refractivity contribution in [2.24, 2.45) is 0 Å². The first-order chi connectivity index (χ1) is 17.3. The van der Waals surface area contributed by atoms with Crippen LogP contribution in [0.2, 0.25) is 0 Å². The Hall–Kier alpha value is -4.27. The van der Waals surface area contributed by atoms with Crippen LogP contribution in [0.4, 0.5) is 13.2 Å². The SMILES string of the molecule is O=C(O)C[C@@H]1c2ccc(OCc3cccc(-c4ccc(C(F)(F)F)cc4)c3)cc2OCc2conc21. The van der Waals surface area contributed by atoms with Crippen LogP contribution < -0.4 is 9.47 Å². The lowest BCUT2D eigenvalue weighted by Gasteiger charge is -2.16. The molecule has 4 aromatic rings. The summed E-state index contributed by atoms with van der Waals surface area (Å²) in [5.41, 5.74) is 3.50. The molecule has 0 spiro atoms. The summed E-state index contributed by atoms with van der Waals surface area (Å²) < 4.78 is 55.4. The van der Waals surface area contributed by atoms with E-state index in [1.807, 2.05) is 24.3 Å². The van der Waals surface area contributed by atoms with Crippen molar-refractivity contribution in [2.75, 3.05) is 0 Å². The Bertz CT molecular complexity index is 1400. The number of hydrogen-bond donors (Lipinski definition) is 1. The zero-order chi connectivity index (χ0) is 25.3. The third-order valence-corrected chi connectivity index (χ3v) is 6.01. The molecule has 1 aromatic heterocycles. The highest BCUT2D eigenvalue weighted by atomic mass is 19.4. The number of carboxylic acid groups (broad SMARTS) is 1. The van der Waals surface area contributed by atoms with Gasteiger partial charge in [-0.05, 0) is 41.0 Å². The van der Waals surface area contributed by atoms with Crippen LogP contribution in [0.1, 0.15) is 40.3 Å². The molecule has 1 N–H and O–H groups in total. The van der Waals surface area contributed by atoms with Crippen molar-refractivity contribution in [2.45, 2.75) is 31.7 Å². The van der Waals surface area contributed by atoms with Gasteiger partial charge in [0, 0.05) is 17.5 Å². The summed E-state index contributed by atoms with van der Waals surface area (Å²) in [7, 11) is 0. The Morgan fingerprint density at radius 3 is 2.61 bits per heavy atom. The Morgan fingerprint density at radius 1 is 1.06 bits per heavy atom. The van der Waals surface area contributed by atoms with Crippen molar-refractivity contribution in [1.29, 1.82) is 0 Å². The molecule has 0 bridgehead atoms. The molecule has 0 saturated heterocycles. The van der Waals surface area contributed by atoms with E-state index in [-0.39, 0.29) is 19.6 Å². The van der Waals surface area contributed by atoms with E-state index < -0.39 is 23.6 Å². The van der Waals surface area contributed by atoms with Crippen molar-refractivity contribution in [3.63, 3.8) is 0 Å². The van der Waals surface area contributed by atoms with E-state index in [2.05, 4.69) is 5.16 Å². The molecule has 3 aromatic carbocycles. The molecule has 5 rings (SSSR count). The predicted molar refractivity (Wildman–Crippen MR) is 123 cm³/mol. The maximum absolute atomic E-state index is 12.8. The molecule has 0 radical (unpaired) electrons. The largest absolute Gasteiger partial charge is 0.489 e. The molecule has 9 heteroatoms. The summed E-state index contributed by atoms with van der Waals surface area (Å²) in [6.45, 7) is 0.415. The Balaban J connectivity index is 1.33. The van der Waals surface area contributed by atoms with E-state index in [4.69, 9.17) is 14.0 Å².